The lowest BCUT2D eigenvalue weighted by molar-refractivity contribution is -0.133. The standard InChI is InChI=1S/C21H13Cl4N5O7S2/c1-37-20(34)16(17(31)27-21-26-6-7-38-21)29-28-8-2-4-9(5-3-8)39(35,36)30-18(32)10-11(19(30)33)13(23)15(25)14(24)12(10)22/h2-7,17,28,31H,1H3,(H,26,27). The quantitative estimate of drug-likeness (QED) is 0.0612. The number of aliphatic hydroxyl groups excluding tert-OH is 1. The molecule has 0 bridgehead atoms. The Balaban J connectivity index is 1.59. The van der Waals surface area contributed by atoms with Crippen molar-refractivity contribution < 1.29 is 32.6 Å². The van der Waals surface area contributed by atoms with E-state index in [0.717, 1.165) is 19.2 Å². The van der Waals surface area contributed by atoms with E-state index in [0.29, 0.717) is 5.13 Å². The van der Waals surface area contributed by atoms with E-state index < -0.39 is 65.8 Å². The number of hydrazone groups is 1. The summed E-state index contributed by atoms with van der Waals surface area (Å²) in [6.07, 6.45) is -0.108. The number of hydrogen-bond donors (Lipinski definition) is 3. The van der Waals surface area contributed by atoms with Crippen molar-refractivity contribution in [2.45, 2.75) is 11.1 Å². The molecule has 2 heterocycles. The van der Waals surface area contributed by atoms with Crippen LogP contribution in [0.4, 0.5) is 10.8 Å². The zero-order valence-electron chi connectivity index (χ0n) is 19.1. The van der Waals surface area contributed by atoms with Crippen molar-refractivity contribution in [1.82, 2.24) is 9.29 Å². The second-order valence-electron chi connectivity index (χ2n) is 7.39. The lowest BCUT2D eigenvalue weighted by Crippen LogP contribution is -2.36. The number of thiazole rings is 1. The van der Waals surface area contributed by atoms with Gasteiger partial charge >= 0.3 is 5.97 Å². The van der Waals surface area contributed by atoms with Crippen LogP contribution >= 0.6 is 57.7 Å². The third-order valence-electron chi connectivity index (χ3n) is 5.11. The number of sulfonamides is 1. The van der Waals surface area contributed by atoms with Gasteiger partial charge in [0.15, 0.2) is 17.1 Å². The molecule has 0 saturated heterocycles. The zero-order valence-corrected chi connectivity index (χ0v) is 23.8. The molecule has 3 aromatic rings. The summed E-state index contributed by atoms with van der Waals surface area (Å²) < 4.78 is 31.1. The number of aliphatic hydroxyl groups is 1. The molecular formula is C21H13Cl4N5O7S2. The lowest BCUT2D eigenvalue weighted by Gasteiger charge is -2.15. The minimum absolute atomic E-state index is 0.0126. The molecule has 0 radical (unpaired) electrons. The van der Waals surface area contributed by atoms with Crippen molar-refractivity contribution in [2.75, 3.05) is 17.9 Å². The Kier molecular flexibility index (Phi) is 8.37. The van der Waals surface area contributed by atoms with Crippen LogP contribution in [0.2, 0.25) is 20.1 Å². The number of methoxy groups -OCH3 is 1. The molecule has 2 amide bonds. The summed E-state index contributed by atoms with van der Waals surface area (Å²) in [6, 6.07) is 4.61. The number of carbonyl (C=O) groups is 3. The maximum atomic E-state index is 13.2. The lowest BCUT2D eigenvalue weighted by atomic mass is 10.1. The number of carbonyl (C=O) groups excluding carboxylic acids is 3. The molecule has 0 fully saturated rings. The van der Waals surface area contributed by atoms with Crippen LogP contribution in [0.25, 0.3) is 0 Å². The number of amides is 2. The van der Waals surface area contributed by atoms with Gasteiger partial charge in [0.1, 0.15) is 0 Å². The first kappa shape index (κ1) is 29.0. The van der Waals surface area contributed by atoms with Crippen LogP contribution in [0.5, 0.6) is 0 Å². The average molecular weight is 653 g/mol. The van der Waals surface area contributed by atoms with Crippen molar-refractivity contribution in [3.8, 4) is 0 Å². The van der Waals surface area contributed by atoms with Gasteiger partial charge in [-0.2, -0.15) is 9.41 Å². The van der Waals surface area contributed by atoms with Crippen molar-refractivity contribution in [3.63, 3.8) is 0 Å². The fourth-order valence-electron chi connectivity index (χ4n) is 3.28. The first-order valence-electron chi connectivity index (χ1n) is 10.3. The van der Waals surface area contributed by atoms with Gasteiger partial charge in [-0.15, -0.1) is 11.3 Å². The van der Waals surface area contributed by atoms with Gasteiger partial charge in [0.25, 0.3) is 21.8 Å². The highest BCUT2D eigenvalue weighted by atomic mass is 35.5. The normalized spacial score (nSPS) is 14.3. The van der Waals surface area contributed by atoms with Crippen LogP contribution in [-0.4, -0.2) is 59.6 Å². The molecule has 1 unspecified atom stereocenters. The first-order chi connectivity index (χ1) is 18.4. The summed E-state index contributed by atoms with van der Waals surface area (Å²) in [6.45, 7) is 0. The molecule has 0 saturated carbocycles. The van der Waals surface area contributed by atoms with E-state index in [1.54, 1.807) is 5.38 Å². The van der Waals surface area contributed by atoms with E-state index in [1.807, 2.05) is 0 Å². The van der Waals surface area contributed by atoms with Crippen LogP contribution in [0.15, 0.2) is 45.8 Å². The number of hydrogen-bond acceptors (Lipinski definition) is 12. The summed E-state index contributed by atoms with van der Waals surface area (Å²) in [5.41, 5.74) is 1.23. The SMILES string of the molecule is COC(=O)C(=NNc1ccc(S(=O)(=O)N2C(=O)c3c(Cl)c(Cl)c(Cl)c(Cl)c3C2=O)cc1)C(O)Nc1nccs1. The summed E-state index contributed by atoms with van der Waals surface area (Å²) in [5.74, 6) is -3.46. The third-order valence-corrected chi connectivity index (χ3v) is 9.29. The van der Waals surface area contributed by atoms with Crippen LogP contribution in [0, 0.1) is 0 Å². The van der Waals surface area contributed by atoms with Gasteiger partial charge in [-0.25, -0.2) is 18.2 Å². The Morgan fingerprint density at radius 1 is 1.05 bits per heavy atom. The zero-order chi connectivity index (χ0) is 28.6. The van der Waals surface area contributed by atoms with E-state index >= 15 is 0 Å². The van der Waals surface area contributed by atoms with E-state index in [4.69, 9.17) is 46.4 Å². The predicted molar refractivity (Wildman–Crippen MR) is 145 cm³/mol. The summed E-state index contributed by atoms with van der Waals surface area (Å²) in [7, 11) is -3.64. The Labute approximate surface area is 244 Å². The van der Waals surface area contributed by atoms with E-state index in [-0.39, 0.29) is 20.0 Å². The van der Waals surface area contributed by atoms with E-state index in [2.05, 4.69) is 25.6 Å². The molecule has 12 nitrogen and oxygen atoms in total. The number of nitrogens with zero attached hydrogens (tertiary/aromatic N) is 3. The van der Waals surface area contributed by atoms with Crippen molar-refractivity contribution in [1.29, 1.82) is 0 Å². The molecule has 0 spiro atoms. The molecule has 1 aliphatic heterocycles. The third kappa shape index (κ3) is 5.28. The number of rotatable bonds is 8. The van der Waals surface area contributed by atoms with E-state index in [1.165, 1.54) is 29.7 Å². The number of ether oxygens (including phenoxy) is 1. The van der Waals surface area contributed by atoms with Crippen LogP contribution in [0.3, 0.4) is 0 Å². The van der Waals surface area contributed by atoms with Crippen LogP contribution in [0.1, 0.15) is 20.7 Å². The number of aromatic nitrogens is 1. The molecular weight excluding hydrogens is 640 g/mol. The second kappa shape index (κ2) is 11.3. The van der Waals surface area contributed by atoms with E-state index in [9.17, 15) is 27.9 Å². The summed E-state index contributed by atoms with van der Waals surface area (Å²) >= 11 is 25.2. The first-order valence-corrected chi connectivity index (χ1v) is 14.1. The molecule has 1 aromatic heterocycles. The maximum absolute atomic E-state index is 13.2. The highest BCUT2D eigenvalue weighted by molar-refractivity contribution is 7.90. The van der Waals surface area contributed by atoms with Crippen molar-refractivity contribution >= 4 is 102 Å². The topological polar surface area (TPSA) is 167 Å². The molecule has 4 rings (SSSR count). The van der Waals surface area contributed by atoms with Gasteiger partial charge in [0.05, 0.1) is 48.9 Å². The number of halogens is 4. The molecule has 0 aliphatic carbocycles. The van der Waals surface area contributed by atoms with Crippen molar-refractivity contribution in [3.05, 3.63) is 67.1 Å². The molecule has 3 N–H and O–H groups in total. The predicted octanol–water partition coefficient (Wildman–Crippen LogP) is 4.11. The molecule has 39 heavy (non-hydrogen) atoms. The number of anilines is 2. The highest BCUT2D eigenvalue weighted by Gasteiger charge is 2.48. The summed E-state index contributed by atoms with van der Waals surface area (Å²) in [5, 5.41) is 17.3. The number of esters is 1. The molecule has 18 heteroatoms. The Bertz CT molecular complexity index is 1580. The number of nitrogens with one attached hydrogen (secondary N) is 2. The second-order valence-corrected chi connectivity index (χ2v) is 11.6. The van der Waals surface area contributed by atoms with Gasteiger partial charge in [-0.05, 0) is 24.3 Å². The Morgan fingerprint density at radius 2 is 1.62 bits per heavy atom. The molecule has 1 aliphatic rings. The smallest absolute Gasteiger partial charge is 0.358 e. The molecule has 2 aromatic carbocycles. The van der Waals surface area contributed by atoms with Gasteiger partial charge in [0, 0.05) is 11.6 Å². The maximum Gasteiger partial charge on any atom is 0.358 e. The molecule has 204 valence electrons. The molecule has 1 atom stereocenters. The van der Waals surface area contributed by atoms with Crippen LogP contribution in [-0.2, 0) is 19.6 Å². The number of imide groups is 1. The fourth-order valence-corrected chi connectivity index (χ4v) is 6.16. The Hall–Kier alpha value is -2.98. The van der Waals surface area contributed by atoms with Gasteiger partial charge in [-0.1, -0.05) is 46.4 Å². The fraction of sp³-hybridized carbons (Fsp3) is 0.0952. The van der Waals surface area contributed by atoms with Crippen LogP contribution < -0.4 is 10.7 Å². The van der Waals surface area contributed by atoms with Gasteiger partial charge in [-0.3, -0.25) is 15.0 Å². The number of benzene rings is 2. The van der Waals surface area contributed by atoms with Gasteiger partial charge < -0.3 is 15.2 Å². The monoisotopic (exact) mass is 651 g/mol. The minimum Gasteiger partial charge on any atom is -0.464 e. The van der Waals surface area contributed by atoms with Gasteiger partial charge in [0.2, 0.25) is 0 Å². The Morgan fingerprint density at radius 3 is 2.10 bits per heavy atom. The average Bonchev–Trinajstić information content (AvgIpc) is 3.51. The van der Waals surface area contributed by atoms with Crippen molar-refractivity contribution in [2.24, 2.45) is 5.10 Å². The number of fused-ring (bicyclic) bond motifs is 1. The highest BCUT2D eigenvalue weighted by Crippen LogP contribution is 2.45. The largest absolute Gasteiger partial charge is 0.464 e. The minimum atomic E-state index is -4.73. The summed E-state index contributed by atoms with van der Waals surface area (Å²) in [4.78, 5) is 41.5.